The van der Waals surface area contributed by atoms with Crippen molar-refractivity contribution in [1.29, 1.82) is 0 Å². The van der Waals surface area contributed by atoms with Gasteiger partial charge in [-0.1, -0.05) is 17.7 Å². The Balaban J connectivity index is 2.06. The van der Waals surface area contributed by atoms with Crippen molar-refractivity contribution in [2.75, 3.05) is 7.11 Å². The summed E-state index contributed by atoms with van der Waals surface area (Å²) in [5.41, 5.74) is 3.09. The highest BCUT2D eigenvalue weighted by Gasteiger charge is 2.11. The van der Waals surface area contributed by atoms with Crippen LogP contribution < -0.4 is 4.74 Å². The third-order valence-corrected chi connectivity index (χ3v) is 3.77. The summed E-state index contributed by atoms with van der Waals surface area (Å²) in [4.78, 5) is 8.93. The van der Waals surface area contributed by atoms with E-state index in [9.17, 15) is 4.39 Å². The van der Waals surface area contributed by atoms with Gasteiger partial charge < -0.3 is 4.74 Å². The van der Waals surface area contributed by atoms with Crippen LogP contribution in [0.5, 0.6) is 5.75 Å². The maximum Gasteiger partial charge on any atom is 0.184 e. The number of aryl methyl sites for hydroxylation is 1. The van der Waals surface area contributed by atoms with Crippen molar-refractivity contribution in [1.82, 2.24) is 4.98 Å². The minimum atomic E-state index is -0.590. The molecule has 3 rings (SSSR count). The number of hydrogen-bond acceptors (Lipinski definition) is 3. The largest absolute Gasteiger partial charge is 0.493 e. The topological polar surface area (TPSA) is 34.5 Å². The number of fused-ring (bicyclic) bond motifs is 1. The molecule has 0 aliphatic rings. The summed E-state index contributed by atoms with van der Waals surface area (Å²) in [7, 11) is 1.40. The molecule has 0 saturated heterocycles. The maximum atomic E-state index is 14.0. The van der Waals surface area contributed by atoms with Gasteiger partial charge in [0.05, 0.1) is 23.3 Å². The van der Waals surface area contributed by atoms with Crippen LogP contribution in [0, 0.1) is 12.7 Å². The first-order valence-electron chi connectivity index (χ1n) is 7.02. The summed E-state index contributed by atoms with van der Waals surface area (Å²) in [5.74, 6) is -0.510. The van der Waals surface area contributed by atoms with Gasteiger partial charge in [0.2, 0.25) is 0 Å². The Morgan fingerprint density at radius 2 is 2.00 bits per heavy atom. The van der Waals surface area contributed by atoms with E-state index >= 15 is 0 Å². The maximum absolute atomic E-state index is 14.0. The molecule has 0 aliphatic heterocycles. The summed E-state index contributed by atoms with van der Waals surface area (Å²) in [6, 6.07) is 12.8. The molecule has 2 aromatic carbocycles. The van der Waals surface area contributed by atoms with Crippen molar-refractivity contribution in [3.8, 4) is 5.75 Å². The summed E-state index contributed by atoms with van der Waals surface area (Å²) < 4.78 is 19.0. The number of ether oxygens (including phenoxy) is 1. The Morgan fingerprint density at radius 3 is 2.78 bits per heavy atom. The van der Waals surface area contributed by atoms with Crippen LogP contribution >= 0.6 is 11.6 Å². The summed E-state index contributed by atoms with van der Waals surface area (Å²) in [6.45, 7) is 1.94. The summed E-state index contributed by atoms with van der Waals surface area (Å²) in [5, 5.41) is 0.951. The van der Waals surface area contributed by atoms with Gasteiger partial charge in [-0.2, -0.15) is 0 Å². The molecule has 0 unspecified atom stereocenters. The van der Waals surface area contributed by atoms with Gasteiger partial charge in [-0.25, -0.2) is 4.39 Å². The van der Waals surface area contributed by atoms with Gasteiger partial charge in [0, 0.05) is 22.9 Å². The molecule has 0 spiro atoms. The van der Waals surface area contributed by atoms with Crippen molar-refractivity contribution < 1.29 is 9.13 Å². The summed E-state index contributed by atoms with van der Waals surface area (Å²) >= 11 is 5.77. The van der Waals surface area contributed by atoms with Gasteiger partial charge >= 0.3 is 0 Å². The number of benzene rings is 2. The Bertz CT molecular complexity index is 909. The molecule has 3 nitrogen and oxygen atoms in total. The number of aromatic nitrogens is 1. The Labute approximate surface area is 138 Å². The zero-order chi connectivity index (χ0) is 16.4. The van der Waals surface area contributed by atoms with Crippen molar-refractivity contribution in [3.05, 3.63) is 64.6 Å². The first-order chi connectivity index (χ1) is 11.1. The second kappa shape index (κ2) is 6.34. The number of pyridine rings is 1. The van der Waals surface area contributed by atoms with E-state index in [0.29, 0.717) is 5.56 Å². The monoisotopic (exact) mass is 328 g/mol. The van der Waals surface area contributed by atoms with Crippen LogP contribution in [0.3, 0.4) is 0 Å². The smallest absolute Gasteiger partial charge is 0.184 e. The zero-order valence-electron chi connectivity index (χ0n) is 12.7. The first-order valence-corrected chi connectivity index (χ1v) is 7.40. The highest BCUT2D eigenvalue weighted by molar-refractivity contribution is 6.31. The molecule has 0 amide bonds. The Morgan fingerprint density at radius 1 is 1.17 bits per heavy atom. The molecule has 1 heterocycles. The van der Waals surface area contributed by atoms with Crippen molar-refractivity contribution >= 4 is 34.4 Å². The number of methoxy groups -OCH3 is 1. The van der Waals surface area contributed by atoms with Gasteiger partial charge in [-0.15, -0.1) is 0 Å². The fourth-order valence-corrected chi connectivity index (χ4v) is 2.50. The lowest BCUT2D eigenvalue weighted by atomic mass is 10.1. The number of halogens is 2. The lowest BCUT2D eigenvalue weighted by Crippen LogP contribution is -1.95. The molecule has 0 radical (unpaired) electrons. The fraction of sp³-hybridized carbons (Fsp3) is 0.111. The SMILES string of the molecule is COc1c(C=Nc2cccc3nc(C)ccc23)ccc(Cl)c1F. The normalized spacial score (nSPS) is 11.3. The minimum absolute atomic E-state index is 0.0174. The fourth-order valence-electron chi connectivity index (χ4n) is 2.35. The molecule has 3 aromatic rings. The first kappa shape index (κ1) is 15.4. The molecule has 0 aliphatic carbocycles. The highest BCUT2D eigenvalue weighted by atomic mass is 35.5. The molecule has 0 N–H and O–H groups in total. The van der Waals surface area contributed by atoms with Crippen LogP contribution in [0.4, 0.5) is 10.1 Å². The van der Waals surface area contributed by atoms with Gasteiger partial charge in [0.25, 0.3) is 0 Å². The van der Waals surface area contributed by atoms with E-state index in [1.165, 1.54) is 13.2 Å². The number of aliphatic imine (C=N–C) groups is 1. The Kier molecular flexibility index (Phi) is 4.26. The van der Waals surface area contributed by atoms with Crippen LogP contribution in [0.15, 0.2) is 47.5 Å². The van der Waals surface area contributed by atoms with E-state index in [1.807, 2.05) is 37.3 Å². The van der Waals surface area contributed by atoms with Crippen molar-refractivity contribution in [2.45, 2.75) is 6.92 Å². The third-order valence-electron chi connectivity index (χ3n) is 3.48. The predicted octanol–water partition coefficient (Wildman–Crippen LogP) is 5.09. The number of nitrogens with zero attached hydrogens (tertiary/aromatic N) is 2. The van der Waals surface area contributed by atoms with Crippen LogP contribution in [-0.2, 0) is 0 Å². The van der Waals surface area contributed by atoms with E-state index in [2.05, 4.69) is 9.98 Å². The second-order valence-corrected chi connectivity index (χ2v) is 5.45. The molecule has 5 heteroatoms. The molecule has 0 bridgehead atoms. The van der Waals surface area contributed by atoms with Crippen LogP contribution in [-0.4, -0.2) is 18.3 Å². The molecule has 0 atom stereocenters. The predicted molar refractivity (Wildman–Crippen MR) is 91.7 cm³/mol. The van der Waals surface area contributed by atoms with E-state index in [0.717, 1.165) is 22.3 Å². The van der Waals surface area contributed by atoms with Gasteiger partial charge in [0.1, 0.15) is 0 Å². The van der Waals surface area contributed by atoms with Crippen LogP contribution in [0.25, 0.3) is 10.9 Å². The lowest BCUT2D eigenvalue weighted by Gasteiger charge is -2.07. The average molecular weight is 329 g/mol. The van der Waals surface area contributed by atoms with E-state index < -0.39 is 5.82 Å². The number of hydrogen-bond donors (Lipinski definition) is 0. The van der Waals surface area contributed by atoms with E-state index in [4.69, 9.17) is 16.3 Å². The molecule has 1 aromatic heterocycles. The van der Waals surface area contributed by atoms with Gasteiger partial charge in [-0.05, 0) is 43.3 Å². The summed E-state index contributed by atoms with van der Waals surface area (Å²) in [6.07, 6.45) is 1.56. The molecule has 0 saturated carbocycles. The molecule has 23 heavy (non-hydrogen) atoms. The molecular formula is C18H14ClFN2O. The van der Waals surface area contributed by atoms with Crippen molar-refractivity contribution in [2.24, 2.45) is 4.99 Å². The van der Waals surface area contributed by atoms with Crippen LogP contribution in [0.2, 0.25) is 5.02 Å². The zero-order valence-corrected chi connectivity index (χ0v) is 13.4. The van der Waals surface area contributed by atoms with Crippen molar-refractivity contribution in [3.63, 3.8) is 0 Å². The lowest BCUT2D eigenvalue weighted by molar-refractivity contribution is 0.386. The average Bonchev–Trinajstić information content (AvgIpc) is 2.55. The van der Waals surface area contributed by atoms with E-state index in [1.54, 1.807) is 12.3 Å². The number of rotatable bonds is 3. The van der Waals surface area contributed by atoms with Crippen LogP contribution in [0.1, 0.15) is 11.3 Å². The standard InChI is InChI=1S/C18H14ClFN2O/c1-11-6-8-13-15(4-3-5-16(13)22-11)21-10-12-7-9-14(19)17(20)18(12)23-2/h3-10H,1-2H3. The second-order valence-electron chi connectivity index (χ2n) is 5.04. The van der Waals surface area contributed by atoms with Gasteiger partial charge in [-0.3, -0.25) is 9.98 Å². The Hall–Kier alpha value is -2.46. The van der Waals surface area contributed by atoms with Gasteiger partial charge in [0.15, 0.2) is 11.6 Å². The minimum Gasteiger partial charge on any atom is -0.493 e. The molecule has 0 fully saturated rings. The quantitative estimate of drug-likeness (QED) is 0.627. The molecule has 116 valence electrons. The van der Waals surface area contributed by atoms with E-state index in [-0.39, 0.29) is 10.8 Å². The molecular weight excluding hydrogens is 315 g/mol. The third kappa shape index (κ3) is 3.03. The highest BCUT2D eigenvalue weighted by Crippen LogP contribution is 2.29.